The van der Waals surface area contributed by atoms with Crippen molar-refractivity contribution in [3.05, 3.63) is 23.8 Å². The van der Waals surface area contributed by atoms with Crippen molar-refractivity contribution < 1.29 is 19.0 Å². The van der Waals surface area contributed by atoms with E-state index in [1.54, 1.807) is 6.07 Å². The Kier molecular flexibility index (Phi) is 3.64. The molecule has 0 aromatic heterocycles. The molecule has 1 rings (SSSR count). The molecular formula is C9H11F2NO2. The number of halogens is 2. The first kappa shape index (κ1) is 10.7. The van der Waals surface area contributed by atoms with Gasteiger partial charge in [-0.2, -0.15) is 0 Å². The van der Waals surface area contributed by atoms with Gasteiger partial charge in [-0.25, -0.2) is 8.78 Å². The summed E-state index contributed by atoms with van der Waals surface area (Å²) in [7, 11) is 0. The van der Waals surface area contributed by atoms with Gasteiger partial charge in [-0.3, -0.25) is 0 Å². The summed E-state index contributed by atoms with van der Waals surface area (Å²) in [6.45, 7) is -0.153. The van der Waals surface area contributed by atoms with Crippen LogP contribution in [0.5, 0.6) is 11.5 Å². The molecule has 3 N–H and O–H groups in total. The van der Waals surface area contributed by atoms with Crippen LogP contribution in [0.3, 0.4) is 0 Å². The van der Waals surface area contributed by atoms with Crippen LogP contribution in [0.15, 0.2) is 18.2 Å². The van der Waals surface area contributed by atoms with E-state index >= 15 is 0 Å². The third-order valence-electron chi connectivity index (χ3n) is 1.67. The van der Waals surface area contributed by atoms with E-state index in [4.69, 9.17) is 10.2 Å². The summed E-state index contributed by atoms with van der Waals surface area (Å²) in [4.78, 5) is 0. The van der Waals surface area contributed by atoms with Crippen molar-refractivity contribution in [3.63, 3.8) is 0 Å². The van der Waals surface area contributed by atoms with Gasteiger partial charge < -0.3 is 15.5 Å². The highest BCUT2D eigenvalue weighted by Crippen LogP contribution is 2.24. The molecule has 1 aromatic carbocycles. The molecule has 0 heterocycles. The molecule has 78 valence electrons. The van der Waals surface area contributed by atoms with E-state index in [9.17, 15) is 8.78 Å². The Morgan fingerprint density at radius 3 is 2.50 bits per heavy atom. The van der Waals surface area contributed by atoms with Gasteiger partial charge in [-0.05, 0) is 17.7 Å². The highest BCUT2D eigenvalue weighted by atomic mass is 19.3. The maximum Gasteiger partial charge on any atom is 0.250 e. The summed E-state index contributed by atoms with van der Waals surface area (Å²) in [5.41, 5.74) is 0.640. The van der Waals surface area contributed by atoms with Crippen LogP contribution in [0.1, 0.15) is 5.56 Å². The van der Waals surface area contributed by atoms with Crippen LogP contribution in [0.4, 0.5) is 8.78 Å². The van der Waals surface area contributed by atoms with Crippen LogP contribution in [-0.2, 0) is 6.54 Å². The molecule has 0 aliphatic rings. The van der Waals surface area contributed by atoms with Gasteiger partial charge >= 0.3 is 0 Å². The Bertz CT molecular complexity index is 305. The van der Waals surface area contributed by atoms with E-state index in [2.05, 4.69) is 5.32 Å². The maximum atomic E-state index is 11.7. The fraction of sp³-hybridized carbons (Fsp3) is 0.333. The van der Waals surface area contributed by atoms with Gasteiger partial charge in [0.2, 0.25) is 0 Å². The van der Waals surface area contributed by atoms with E-state index in [1.165, 1.54) is 12.1 Å². The molecule has 0 aliphatic carbocycles. The van der Waals surface area contributed by atoms with Crippen molar-refractivity contribution >= 4 is 0 Å². The maximum absolute atomic E-state index is 11.7. The molecule has 14 heavy (non-hydrogen) atoms. The number of nitrogens with one attached hydrogen (secondary N) is 1. The smallest absolute Gasteiger partial charge is 0.250 e. The summed E-state index contributed by atoms with van der Waals surface area (Å²) in [5.74, 6) is -0.469. The van der Waals surface area contributed by atoms with Crippen LogP contribution >= 0.6 is 0 Å². The number of hydrogen-bond acceptors (Lipinski definition) is 3. The van der Waals surface area contributed by atoms with Gasteiger partial charge in [0.25, 0.3) is 6.43 Å². The fourth-order valence-electron chi connectivity index (χ4n) is 1.00. The summed E-state index contributed by atoms with van der Waals surface area (Å²) >= 11 is 0. The number of benzene rings is 1. The first-order valence-electron chi connectivity index (χ1n) is 4.09. The van der Waals surface area contributed by atoms with Crippen molar-refractivity contribution in [1.29, 1.82) is 0 Å². The van der Waals surface area contributed by atoms with Gasteiger partial charge in [-0.15, -0.1) is 0 Å². The molecule has 0 radical (unpaired) electrons. The van der Waals surface area contributed by atoms with E-state index in [0.717, 1.165) is 0 Å². The summed E-state index contributed by atoms with van der Waals surface area (Å²) < 4.78 is 23.5. The molecule has 0 saturated carbocycles. The molecule has 0 spiro atoms. The highest BCUT2D eigenvalue weighted by Gasteiger charge is 2.03. The second-order valence-electron chi connectivity index (χ2n) is 2.85. The van der Waals surface area contributed by atoms with Crippen LogP contribution in [0, 0.1) is 0 Å². The number of phenolic OH excluding ortho intramolecular Hbond substituents is 2. The van der Waals surface area contributed by atoms with Gasteiger partial charge in [0.05, 0.1) is 6.54 Å². The average Bonchev–Trinajstić information content (AvgIpc) is 2.10. The largest absolute Gasteiger partial charge is 0.504 e. The number of phenols is 2. The van der Waals surface area contributed by atoms with Crippen LogP contribution in [-0.4, -0.2) is 23.2 Å². The fourth-order valence-corrected chi connectivity index (χ4v) is 1.00. The minimum atomic E-state index is -2.39. The monoisotopic (exact) mass is 203 g/mol. The predicted octanol–water partition coefficient (Wildman–Crippen LogP) is 1.45. The normalized spacial score (nSPS) is 10.8. The molecule has 0 bridgehead atoms. The highest BCUT2D eigenvalue weighted by molar-refractivity contribution is 5.40. The third-order valence-corrected chi connectivity index (χ3v) is 1.67. The second-order valence-corrected chi connectivity index (χ2v) is 2.85. The quantitative estimate of drug-likeness (QED) is 0.649. The second kappa shape index (κ2) is 4.76. The van der Waals surface area contributed by atoms with Crippen molar-refractivity contribution in [2.24, 2.45) is 0 Å². The Morgan fingerprint density at radius 1 is 1.21 bits per heavy atom. The lowest BCUT2D eigenvalue weighted by molar-refractivity contribution is 0.145. The molecule has 0 saturated heterocycles. The zero-order valence-corrected chi connectivity index (χ0v) is 7.37. The van der Waals surface area contributed by atoms with Gasteiger partial charge in [0.15, 0.2) is 11.5 Å². The lowest BCUT2D eigenvalue weighted by atomic mass is 10.2. The first-order chi connectivity index (χ1) is 6.59. The molecular weight excluding hydrogens is 192 g/mol. The Labute approximate surface area is 80.0 Å². The summed E-state index contributed by atoms with van der Waals surface area (Å²) in [6, 6.07) is 4.19. The summed E-state index contributed by atoms with van der Waals surface area (Å²) in [6.07, 6.45) is -2.39. The molecule has 0 aliphatic heterocycles. The van der Waals surface area contributed by atoms with Gasteiger partial charge in [0.1, 0.15) is 0 Å². The molecule has 0 amide bonds. The van der Waals surface area contributed by atoms with E-state index in [-0.39, 0.29) is 24.6 Å². The van der Waals surface area contributed by atoms with Crippen molar-refractivity contribution in [2.75, 3.05) is 6.54 Å². The number of aromatic hydroxyl groups is 2. The first-order valence-corrected chi connectivity index (χ1v) is 4.09. The van der Waals surface area contributed by atoms with Crippen molar-refractivity contribution in [2.45, 2.75) is 13.0 Å². The molecule has 0 unspecified atom stereocenters. The Hall–Kier alpha value is -1.36. The van der Waals surface area contributed by atoms with Gasteiger partial charge in [-0.1, -0.05) is 6.07 Å². The molecule has 0 atom stereocenters. The summed E-state index contributed by atoms with van der Waals surface area (Å²) in [5, 5.41) is 20.6. The number of alkyl halides is 2. The molecule has 3 nitrogen and oxygen atoms in total. The standard InChI is InChI=1S/C9H11F2NO2/c10-9(11)5-12-4-6-1-2-7(13)8(14)3-6/h1-3,9,12-14H,4-5H2. The Balaban J connectivity index is 2.47. The topological polar surface area (TPSA) is 52.5 Å². The SMILES string of the molecule is Oc1ccc(CNCC(F)F)cc1O. The van der Waals surface area contributed by atoms with Crippen LogP contribution < -0.4 is 5.32 Å². The lowest BCUT2D eigenvalue weighted by Gasteiger charge is -2.05. The Morgan fingerprint density at radius 2 is 1.93 bits per heavy atom. The van der Waals surface area contributed by atoms with Crippen LogP contribution in [0.2, 0.25) is 0 Å². The van der Waals surface area contributed by atoms with E-state index in [0.29, 0.717) is 5.56 Å². The van der Waals surface area contributed by atoms with Crippen molar-refractivity contribution in [3.8, 4) is 11.5 Å². The number of hydrogen-bond donors (Lipinski definition) is 3. The zero-order valence-electron chi connectivity index (χ0n) is 7.37. The number of rotatable bonds is 4. The molecule has 1 aromatic rings. The minimum absolute atomic E-state index is 0.220. The lowest BCUT2D eigenvalue weighted by Crippen LogP contribution is -2.20. The molecule has 0 fully saturated rings. The van der Waals surface area contributed by atoms with Gasteiger partial charge in [0, 0.05) is 6.54 Å². The van der Waals surface area contributed by atoms with E-state index in [1.807, 2.05) is 0 Å². The minimum Gasteiger partial charge on any atom is -0.504 e. The average molecular weight is 203 g/mol. The van der Waals surface area contributed by atoms with Crippen LogP contribution in [0.25, 0.3) is 0 Å². The molecule has 5 heteroatoms. The third kappa shape index (κ3) is 3.18. The predicted molar refractivity (Wildman–Crippen MR) is 47.5 cm³/mol. The van der Waals surface area contributed by atoms with Crippen molar-refractivity contribution in [1.82, 2.24) is 5.32 Å². The van der Waals surface area contributed by atoms with E-state index < -0.39 is 6.43 Å². The zero-order chi connectivity index (χ0) is 10.6.